The van der Waals surface area contributed by atoms with Gasteiger partial charge >= 0.3 is 0 Å². The van der Waals surface area contributed by atoms with Gasteiger partial charge in [0.05, 0.1) is 27.8 Å². The number of amides is 2. The number of ether oxygens (including phenoxy) is 2. The zero-order valence-corrected chi connectivity index (χ0v) is 24.1. The number of rotatable bonds is 12. The molecule has 0 saturated carbocycles. The first-order valence-corrected chi connectivity index (χ1v) is 14.9. The first-order valence-electron chi connectivity index (χ1n) is 12.7. The molecule has 4 rings (SSSR count). The van der Waals surface area contributed by atoms with Crippen LogP contribution in [0.5, 0.6) is 5.75 Å². The Kier molecular flexibility index (Phi) is 10.2. The van der Waals surface area contributed by atoms with Crippen LogP contribution in [-0.4, -0.2) is 55.7 Å². The molecule has 4 aromatic rings. The highest BCUT2D eigenvalue weighted by Gasteiger charge is 2.21. The maximum atomic E-state index is 13.4. The highest BCUT2D eigenvalue weighted by molar-refractivity contribution is 7.90. The lowest BCUT2D eigenvalue weighted by molar-refractivity contribution is 0.0150. The van der Waals surface area contributed by atoms with E-state index in [1.807, 2.05) is 30.3 Å². The van der Waals surface area contributed by atoms with Gasteiger partial charge in [-0.2, -0.15) is 0 Å². The minimum Gasteiger partial charge on any atom is -0.490 e. The van der Waals surface area contributed by atoms with Crippen molar-refractivity contribution in [3.05, 3.63) is 107 Å². The molecule has 13 heteroatoms. The number of sulfone groups is 1. The molecule has 2 aromatic heterocycles. The fraction of sp³-hybridized carbons (Fsp3) is 0.172. The smallest absolute Gasteiger partial charge is 0.277 e. The zero-order valence-electron chi connectivity index (χ0n) is 22.5. The molecule has 2 aromatic carbocycles. The third-order valence-corrected chi connectivity index (χ3v) is 7.22. The standard InChI is InChI=1S/C29H28ClN5O6S/c1-42(38,39)22-10-11-23(25(14-22)41-18-21(15-31)40-17-19-6-3-2-4-7-19)28(36)34-24-8-5-13-32-27(24)29(37)35-26-12-9-20(30)16-33-26/h2-14,16,21H,15,17-18,31H2,1H3,(H,34,36)(H,33,35,37)/t21-/m1/s1. The Labute approximate surface area is 248 Å². The van der Waals surface area contributed by atoms with Crippen LogP contribution in [0.1, 0.15) is 26.4 Å². The molecule has 218 valence electrons. The Morgan fingerprint density at radius 3 is 2.45 bits per heavy atom. The number of pyridine rings is 2. The van der Waals surface area contributed by atoms with Gasteiger partial charge in [-0.3, -0.25) is 9.59 Å². The number of nitrogens with one attached hydrogen (secondary N) is 2. The molecular weight excluding hydrogens is 582 g/mol. The maximum absolute atomic E-state index is 13.4. The third kappa shape index (κ3) is 8.33. The lowest BCUT2D eigenvalue weighted by Gasteiger charge is -2.19. The Bertz CT molecular complexity index is 1650. The van der Waals surface area contributed by atoms with E-state index >= 15 is 0 Å². The number of hydrogen-bond acceptors (Lipinski definition) is 9. The first kappa shape index (κ1) is 30.6. The van der Waals surface area contributed by atoms with Crippen LogP contribution in [0.2, 0.25) is 5.02 Å². The monoisotopic (exact) mass is 609 g/mol. The molecule has 2 amide bonds. The van der Waals surface area contributed by atoms with Crippen molar-refractivity contribution in [2.45, 2.75) is 17.6 Å². The third-order valence-electron chi connectivity index (χ3n) is 5.88. The van der Waals surface area contributed by atoms with E-state index in [0.29, 0.717) is 11.6 Å². The van der Waals surface area contributed by atoms with Gasteiger partial charge in [0, 0.05) is 25.2 Å². The summed E-state index contributed by atoms with van der Waals surface area (Å²) in [6.45, 7) is 0.364. The molecular formula is C29H28ClN5O6S. The van der Waals surface area contributed by atoms with Crippen LogP contribution in [-0.2, 0) is 21.2 Å². The van der Waals surface area contributed by atoms with Crippen molar-refractivity contribution in [1.82, 2.24) is 9.97 Å². The van der Waals surface area contributed by atoms with Crippen LogP contribution in [0.25, 0.3) is 0 Å². The van der Waals surface area contributed by atoms with E-state index in [9.17, 15) is 18.0 Å². The number of hydrogen-bond donors (Lipinski definition) is 3. The SMILES string of the molecule is CS(=O)(=O)c1ccc(C(=O)Nc2cccnc2C(=O)Nc2ccc(Cl)cn2)c(OC[C@@H](CN)OCc2ccccc2)c1. The fourth-order valence-electron chi connectivity index (χ4n) is 3.70. The summed E-state index contributed by atoms with van der Waals surface area (Å²) in [4.78, 5) is 34.4. The normalized spacial score (nSPS) is 11.9. The van der Waals surface area contributed by atoms with Crippen molar-refractivity contribution in [2.75, 3.05) is 30.0 Å². The number of aromatic nitrogens is 2. The van der Waals surface area contributed by atoms with Gasteiger partial charge in [-0.25, -0.2) is 18.4 Å². The second-order valence-electron chi connectivity index (χ2n) is 9.06. The lowest BCUT2D eigenvalue weighted by Crippen LogP contribution is -2.30. The summed E-state index contributed by atoms with van der Waals surface area (Å²) >= 11 is 5.85. The Hall–Kier alpha value is -4.36. The predicted molar refractivity (Wildman–Crippen MR) is 159 cm³/mol. The van der Waals surface area contributed by atoms with Crippen molar-refractivity contribution in [3.63, 3.8) is 0 Å². The van der Waals surface area contributed by atoms with E-state index in [4.69, 9.17) is 26.8 Å². The van der Waals surface area contributed by atoms with Crippen molar-refractivity contribution in [2.24, 2.45) is 5.73 Å². The Morgan fingerprint density at radius 2 is 1.76 bits per heavy atom. The van der Waals surface area contributed by atoms with Crippen molar-refractivity contribution >= 4 is 44.8 Å². The highest BCUT2D eigenvalue weighted by Crippen LogP contribution is 2.26. The lowest BCUT2D eigenvalue weighted by atomic mass is 10.1. The van der Waals surface area contributed by atoms with Gasteiger partial charge in [-0.15, -0.1) is 0 Å². The van der Waals surface area contributed by atoms with E-state index in [-0.39, 0.29) is 46.6 Å². The summed E-state index contributed by atoms with van der Waals surface area (Å²) < 4.78 is 36.2. The van der Waals surface area contributed by atoms with Crippen LogP contribution in [0.4, 0.5) is 11.5 Å². The fourth-order valence-corrected chi connectivity index (χ4v) is 4.45. The Balaban J connectivity index is 1.53. The molecule has 11 nitrogen and oxygen atoms in total. The highest BCUT2D eigenvalue weighted by atomic mass is 35.5. The van der Waals surface area contributed by atoms with Crippen LogP contribution in [0.3, 0.4) is 0 Å². The van der Waals surface area contributed by atoms with E-state index < -0.39 is 27.8 Å². The Morgan fingerprint density at radius 1 is 0.976 bits per heavy atom. The molecule has 2 heterocycles. The molecule has 1 atom stereocenters. The summed E-state index contributed by atoms with van der Waals surface area (Å²) in [6, 6.07) is 19.5. The van der Waals surface area contributed by atoms with Gasteiger partial charge in [0.2, 0.25) is 0 Å². The van der Waals surface area contributed by atoms with Crippen molar-refractivity contribution in [3.8, 4) is 5.75 Å². The average Bonchev–Trinajstić information content (AvgIpc) is 2.98. The van der Waals surface area contributed by atoms with Crippen molar-refractivity contribution in [1.29, 1.82) is 0 Å². The predicted octanol–water partition coefficient (Wildman–Crippen LogP) is 3.96. The molecule has 0 radical (unpaired) electrons. The van der Waals surface area contributed by atoms with E-state index in [2.05, 4.69) is 20.6 Å². The molecule has 0 bridgehead atoms. The quantitative estimate of drug-likeness (QED) is 0.216. The summed E-state index contributed by atoms with van der Waals surface area (Å²) in [6.07, 6.45) is 3.28. The molecule has 0 aliphatic carbocycles. The summed E-state index contributed by atoms with van der Waals surface area (Å²) in [5.74, 6) is -1.04. The van der Waals surface area contributed by atoms with Gasteiger partial charge in [-0.1, -0.05) is 41.9 Å². The van der Waals surface area contributed by atoms with Gasteiger partial charge < -0.3 is 25.8 Å². The van der Waals surface area contributed by atoms with Crippen molar-refractivity contribution < 1.29 is 27.5 Å². The molecule has 0 aliphatic rings. The number of anilines is 2. The largest absolute Gasteiger partial charge is 0.490 e. The number of nitrogens with two attached hydrogens (primary N) is 1. The van der Waals surface area contributed by atoms with Crippen LogP contribution >= 0.6 is 11.6 Å². The van der Waals surface area contributed by atoms with Gasteiger partial charge in [-0.05, 0) is 48.0 Å². The summed E-state index contributed by atoms with van der Waals surface area (Å²) in [7, 11) is -3.61. The van der Waals surface area contributed by atoms with Crippen LogP contribution < -0.4 is 21.1 Å². The van der Waals surface area contributed by atoms with E-state index in [0.717, 1.165) is 11.8 Å². The average molecular weight is 610 g/mol. The number of benzene rings is 2. The second kappa shape index (κ2) is 14.0. The van der Waals surface area contributed by atoms with E-state index in [1.54, 1.807) is 12.1 Å². The molecule has 0 spiro atoms. The van der Waals surface area contributed by atoms with Gasteiger partial charge in [0.1, 0.15) is 24.3 Å². The molecule has 0 unspecified atom stereocenters. The number of carbonyl (C=O) groups is 2. The van der Waals surface area contributed by atoms with Gasteiger partial charge in [0.25, 0.3) is 11.8 Å². The number of carbonyl (C=O) groups excluding carboxylic acids is 2. The van der Waals surface area contributed by atoms with Crippen LogP contribution in [0.15, 0.2) is 90.1 Å². The molecule has 0 aliphatic heterocycles. The maximum Gasteiger partial charge on any atom is 0.277 e. The minimum absolute atomic E-state index is 0.00237. The summed E-state index contributed by atoms with van der Waals surface area (Å²) in [5, 5.41) is 5.66. The molecule has 0 fully saturated rings. The summed E-state index contributed by atoms with van der Waals surface area (Å²) in [5.41, 5.74) is 6.87. The topological polar surface area (TPSA) is 163 Å². The molecule has 42 heavy (non-hydrogen) atoms. The first-order chi connectivity index (χ1) is 20.1. The van der Waals surface area contributed by atoms with E-state index in [1.165, 1.54) is 42.7 Å². The number of halogens is 1. The second-order valence-corrected chi connectivity index (χ2v) is 11.5. The molecule has 0 saturated heterocycles. The minimum atomic E-state index is -3.61. The number of nitrogens with zero attached hydrogens (tertiary/aromatic N) is 2. The zero-order chi connectivity index (χ0) is 30.1. The molecule has 4 N–H and O–H groups in total. The van der Waals surface area contributed by atoms with Crippen LogP contribution in [0, 0.1) is 0 Å². The van der Waals surface area contributed by atoms with Gasteiger partial charge in [0.15, 0.2) is 15.5 Å².